The van der Waals surface area contributed by atoms with Gasteiger partial charge in [0.05, 0.1) is 0 Å². The van der Waals surface area contributed by atoms with E-state index in [9.17, 15) is 0 Å². The molecule has 1 aliphatic rings. The van der Waals surface area contributed by atoms with Crippen LogP contribution in [0.15, 0.2) is 29.0 Å². The molecule has 4 nitrogen and oxygen atoms in total. The first-order chi connectivity index (χ1) is 10.3. The first-order valence-corrected chi connectivity index (χ1v) is 7.90. The molecule has 3 rings (SSSR count). The molecule has 1 fully saturated rings. The van der Waals surface area contributed by atoms with Gasteiger partial charge in [0.25, 0.3) is 0 Å². The van der Waals surface area contributed by atoms with Crippen LogP contribution in [0.1, 0.15) is 44.6 Å². The summed E-state index contributed by atoms with van der Waals surface area (Å²) in [5.74, 6) is 1.51. The summed E-state index contributed by atoms with van der Waals surface area (Å²) in [6, 6.07) is 6.88. The zero-order valence-corrected chi connectivity index (χ0v) is 12.8. The number of rotatable bonds is 4. The Morgan fingerprint density at radius 2 is 2.05 bits per heavy atom. The Bertz CT molecular complexity index is 572. The van der Waals surface area contributed by atoms with Crippen molar-refractivity contribution < 1.29 is 4.42 Å². The standard InChI is InChI=1S/C17H23N3O/c1-3-13-4-7-15(8-5-13)19-16-9-6-14(10-12(16)2)17-20-18-11-21-17/h6,9-11,13,15,19H,3-5,7-8H2,1-2H3. The van der Waals surface area contributed by atoms with Crippen LogP contribution >= 0.6 is 0 Å². The summed E-state index contributed by atoms with van der Waals surface area (Å²) in [6.45, 7) is 4.43. The lowest BCUT2D eigenvalue weighted by atomic mass is 9.84. The van der Waals surface area contributed by atoms with Crippen LogP contribution in [0.4, 0.5) is 5.69 Å². The maximum Gasteiger partial charge on any atom is 0.247 e. The van der Waals surface area contributed by atoms with E-state index in [0.29, 0.717) is 11.9 Å². The normalized spacial score (nSPS) is 22.2. The monoisotopic (exact) mass is 285 g/mol. The molecule has 0 bridgehead atoms. The third-order valence-electron chi connectivity index (χ3n) is 4.62. The molecule has 112 valence electrons. The molecule has 0 spiro atoms. The fourth-order valence-corrected chi connectivity index (χ4v) is 3.19. The van der Waals surface area contributed by atoms with Crippen molar-refractivity contribution in [2.24, 2.45) is 5.92 Å². The molecule has 0 radical (unpaired) electrons. The fraction of sp³-hybridized carbons (Fsp3) is 0.529. The molecule has 0 atom stereocenters. The van der Waals surface area contributed by atoms with Gasteiger partial charge in [-0.25, -0.2) is 0 Å². The number of hydrogen-bond acceptors (Lipinski definition) is 4. The van der Waals surface area contributed by atoms with Gasteiger partial charge in [-0.05, 0) is 62.3 Å². The molecule has 0 amide bonds. The van der Waals surface area contributed by atoms with Gasteiger partial charge in [0, 0.05) is 17.3 Å². The van der Waals surface area contributed by atoms with E-state index < -0.39 is 0 Å². The van der Waals surface area contributed by atoms with Crippen LogP contribution in [0.25, 0.3) is 11.5 Å². The minimum atomic E-state index is 0.577. The summed E-state index contributed by atoms with van der Waals surface area (Å²) in [7, 11) is 0. The lowest BCUT2D eigenvalue weighted by Crippen LogP contribution is -2.26. The minimum Gasteiger partial charge on any atom is -0.423 e. The van der Waals surface area contributed by atoms with Gasteiger partial charge in [0.15, 0.2) is 0 Å². The summed E-state index contributed by atoms with van der Waals surface area (Å²) in [5.41, 5.74) is 3.42. The molecule has 1 saturated carbocycles. The highest BCUT2D eigenvalue weighted by Crippen LogP contribution is 2.30. The molecule has 1 N–H and O–H groups in total. The van der Waals surface area contributed by atoms with Crippen molar-refractivity contribution in [3.63, 3.8) is 0 Å². The van der Waals surface area contributed by atoms with Crippen LogP contribution in [0.3, 0.4) is 0 Å². The molecule has 21 heavy (non-hydrogen) atoms. The first-order valence-electron chi connectivity index (χ1n) is 7.90. The first kappa shape index (κ1) is 14.1. The predicted octanol–water partition coefficient (Wildman–Crippen LogP) is 4.43. The topological polar surface area (TPSA) is 51.0 Å². The predicted molar refractivity (Wildman–Crippen MR) is 84.1 cm³/mol. The number of benzene rings is 1. The maximum absolute atomic E-state index is 5.25. The zero-order chi connectivity index (χ0) is 14.7. The van der Waals surface area contributed by atoms with Crippen LogP contribution in [-0.2, 0) is 0 Å². The van der Waals surface area contributed by atoms with Gasteiger partial charge in [-0.2, -0.15) is 0 Å². The third kappa shape index (κ3) is 3.26. The zero-order valence-electron chi connectivity index (χ0n) is 12.8. The summed E-state index contributed by atoms with van der Waals surface area (Å²) >= 11 is 0. The van der Waals surface area contributed by atoms with E-state index in [-0.39, 0.29) is 0 Å². The average Bonchev–Trinajstić information content (AvgIpc) is 3.04. The van der Waals surface area contributed by atoms with E-state index in [1.165, 1.54) is 49.7 Å². The van der Waals surface area contributed by atoms with Crippen LogP contribution in [0.2, 0.25) is 0 Å². The van der Waals surface area contributed by atoms with E-state index in [2.05, 4.69) is 41.5 Å². The SMILES string of the molecule is CCC1CCC(Nc2ccc(-c3nnco3)cc2C)CC1. The number of nitrogens with one attached hydrogen (secondary N) is 1. The second kappa shape index (κ2) is 6.29. The summed E-state index contributed by atoms with van der Waals surface area (Å²) in [6.07, 6.45) is 7.96. The van der Waals surface area contributed by atoms with Crippen molar-refractivity contribution in [3.8, 4) is 11.5 Å². The Kier molecular flexibility index (Phi) is 4.23. The Morgan fingerprint density at radius 1 is 1.24 bits per heavy atom. The van der Waals surface area contributed by atoms with Crippen molar-refractivity contribution in [1.29, 1.82) is 0 Å². The van der Waals surface area contributed by atoms with Gasteiger partial charge in [-0.1, -0.05) is 13.3 Å². The number of hydrogen-bond donors (Lipinski definition) is 1. The van der Waals surface area contributed by atoms with Crippen molar-refractivity contribution in [2.75, 3.05) is 5.32 Å². The Hall–Kier alpha value is -1.84. The Labute approximate surface area is 126 Å². The largest absolute Gasteiger partial charge is 0.423 e. The van der Waals surface area contributed by atoms with E-state index in [0.717, 1.165) is 11.5 Å². The van der Waals surface area contributed by atoms with Crippen molar-refractivity contribution in [3.05, 3.63) is 30.2 Å². The lowest BCUT2D eigenvalue weighted by Gasteiger charge is -2.29. The molecule has 0 aliphatic heterocycles. The quantitative estimate of drug-likeness (QED) is 0.903. The Morgan fingerprint density at radius 3 is 2.67 bits per heavy atom. The number of nitrogens with zero attached hydrogens (tertiary/aromatic N) is 2. The van der Waals surface area contributed by atoms with Gasteiger partial charge in [0.2, 0.25) is 12.3 Å². The molecule has 4 heteroatoms. The molecule has 1 aromatic carbocycles. The van der Waals surface area contributed by atoms with Gasteiger partial charge in [-0.3, -0.25) is 0 Å². The van der Waals surface area contributed by atoms with Crippen LogP contribution in [0.5, 0.6) is 0 Å². The Balaban J connectivity index is 1.67. The maximum atomic E-state index is 5.25. The van der Waals surface area contributed by atoms with Crippen LogP contribution in [-0.4, -0.2) is 16.2 Å². The van der Waals surface area contributed by atoms with Gasteiger partial charge >= 0.3 is 0 Å². The van der Waals surface area contributed by atoms with Gasteiger partial charge in [0.1, 0.15) is 0 Å². The van der Waals surface area contributed by atoms with Crippen LogP contribution < -0.4 is 5.32 Å². The lowest BCUT2D eigenvalue weighted by molar-refractivity contribution is 0.330. The summed E-state index contributed by atoms with van der Waals surface area (Å²) in [4.78, 5) is 0. The second-order valence-corrected chi connectivity index (χ2v) is 6.04. The number of anilines is 1. The van der Waals surface area contributed by atoms with E-state index in [4.69, 9.17) is 4.42 Å². The van der Waals surface area contributed by atoms with Gasteiger partial charge in [-0.15, -0.1) is 10.2 Å². The fourth-order valence-electron chi connectivity index (χ4n) is 3.19. The van der Waals surface area contributed by atoms with Crippen LogP contribution in [0, 0.1) is 12.8 Å². The van der Waals surface area contributed by atoms with E-state index in [1.807, 2.05) is 6.07 Å². The van der Waals surface area contributed by atoms with E-state index >= 15 is 0 Å². The second-order valence-electron chi connectivity index (χ2n) is 6.04. The molecule has 1 aliphatic carbocycles. The van der Waals surface area contributed by atoms with Crippen molar-refractivity contribution >= 4 is 5.69 Å². The molecular formula is C17H23N3O. The molecule has 1 heterocycles. The van der Waals surface area contributed by atoms with Gasteiger partial charge < -0.3 is 9.73 Å². The minimum absolute atomic E-state index is 0.577. The van der Waals surface area contributed by atoms with Crippen molar-refractivity contribution in [2.45, 2.75) is 52.0 Å². The van der Waals surface area contributed by atoms with Crippen molar-refractivity contribution in [1.82, 2.24) is 10.2 Å². The smallest absolute Gasteiger partial charge is 0.247 e. The molecule has 1 aromatic heterocycles. The summed E-state index contributed by atoms with van der Waals surface area (Å²) < 4.78 is 5.25. The molecular weight excluding hydrogens is 262 g/mol. The molecule has 0 saturated heterocycles. The highest BCUT2D eigenvalue weighted by atomic mass is 16.4. The third-order valence-corrected chi connectivity index (χ3v) is 4.62. The van der Waals surface area contributed by atoms with E-state index in [1.54, 1.807) is 0 Å². The molecule has 2 aromatic rings. The molecule has 0 unspecified atom stereocenters. The highest BCUT2D eigenvalue weighted by Gasteiger charge is 2.20. The number of aromatic nitrogens is 2. The number of aryl methyl sites for hydroxylation is 1. The highest BCUT2D eigenvalue weighted by molar-refractivity contribution is 5.62. The summed E-state index contributed by atoms with van der Waals surface area (Å²) in [5, 5.41) is 11.4. The average molecular weight is 285 g/mol.